The van der Waals surface area contributed by atoms with Crippen molar-refractivity contribution >= 4 is 16.9 Å². The highest BCUT2D eigenvalue weighted by Crippen LogP contribution is 2.22. The molecule has 17 heavy (non-hydrogen) atoms. The maximum atomic E-state index is 11.4. The van der Waals surface area contributed by atoms with Crippen LogP contribution in [0.1, 0.15) is 22.5 Å². The quantitative estimate of drug-likeness (QED) is 0.823. The number of fused-ring (bicyclic) bond motifs is 1. The van der Waals surface area contributed by atoms with E-state index in [4.69, 9.17) is 9.52 Å². The second-order valence-electron chi connectivity index (χ2n) is 3.78. The maximum Gasteiger partial charge on any atom is 0.337 e. The Morgan fingerprint density at radius 2 is 2.24 bits per heavy atom. The van der Waals surface area contributed by atoms with Crippen LogP contribution in [0.5, 0.6) is 0 Å². The predicted octanol–water partition coefficient (Wildman–Crippen LogP) is 2.14. The van der Waals surface area contributed by atoms with Crippen LogP contribution in [-0.2, 0) is 11.2 Å². The number of aryl methyl sites for hydroxylation is 1. The minimum atomic E-state index is -0.356. The van der Waals surface area contributed by atoms with E-state index in [1.165, 1.54) is 7.11 Å². The largest absolute Gasteiger partial charge is 0.465 e. The summed E-state index contributed by atoms with van der Waals surface area (Å²) in [5.74, 6) is 0.459. The summed E-state index contributed by atoms with van der Waals surface area (Å²) >= 11 is 0. The zero-order valence-electron chi connectivity index (χ0n) is 9.60. The summed E-state index contributed by atoms with van der Waals surface area (Å²) in [6, 6.07) is 7.06. The molecule has 0 radical (unpaired) electrons. The normalized spacial score (nSPS) is 10.7. The number of esters is 1. The lowest BCUT2D eigenvalue weighted by atomic mass is 10.1. The van der Waals surface area contributed by atoms with Crippen molar-refractivity contribution in [2.45, 2.75) is 12.8 Å². The summed E-state index contributed by atoms with van der Waals surface area (Å²) < 4.78 is 10.2. The highest BCUT2D eigenvalue weighted by Gasteiger charge is 2.09. The summed E-state index contributed by atoms with van der Waals surface area (Å²) in [5.41, 5.74) is 1.25. The highest BCUT2D eigenvalue weighted by molar-refractivity contribution is 5.94. The molecular formula is C13H14O4. The molecular weight excluding hydrogens is 220 g/mol. The van der Waals surface area contributed by atoms with Gasteiger partial charge in [0, 0.05) is 18.4 Å². The lowest BCUT2D eigenvalue weighted by Gasteiger charge is -1.97. The van der Waals surface area contributed by atoms with Gasteiger partial charge in [-0.2, -0.15) is 0 Å². The summed E-state index contributed by atoms with van der Waals surface area (Å²) in [5, 5.41) is 9.62. The van der Waals surface area contributed by atoms with Crippen LogP contribution in [0.3, 0.4) is 0 Å². The number of ether oxygens (including phenoxy) is 1. The predicted molar refractivity (Wildman–Crippen MR) is 63.0 cm³/mol. The molecule has 0 atom stereocenters. The van der Waals surface area contributed by atoms with Crippen LogP contribution in [-0.4, -0.2) is 24.8 Å². The minimum Gasteiger partial charge on any atom is -0.465 e. The molecule has 0 saturated carbocycles. The van der Waals surface area contributed by atoms with Crippen molar-refractivity contribution in [3.63, 3.8) is 0 Å². The molecule has 0 spiro atoms. The van der Waals surface area contributed by atoms with Gasteiger partial charge in [0.05, 0.1) is 12.7 Å². The number of methoxy groups -OCH3 is 1. The number of carbonyl (C=O) groups is 1. The van der Waals surface area contributed by atoms with E-state index in [0.717, 1.165) is 16.7 Å². The molecule has 1 heterocycles. The summed E-state index contributed by atoms with van der Waals surface area (Å²) in [4.78, 5) is 11.4. The van der Waals surface area contributed by atoms with Crippen molar-refractivity contribution in [3.8, 4) is 0 Å². The van der Waals surface area contributed by atoms with Gasteiger partial charge in [0.25, 0.3) is 0 Å². The fraction of sp³-hybridized carbons (Fsp3) is 0.308. The molecule has 0 aliphatic rings. The Hall–Kier alpha value is -1.81. The Labute approximate surface area is 98.8 Å². The molecule has 90 valence electrons. The molecule has 0 aliphatic carbocycles. The number of hydrogen-bond donors (Lipinski definition) is 1. The third kappa shape index (κ3) is 2.47. The zero-order chi connectivity index (χ0) is 12.3. The lowest BCUT2D eigenvalue weighted by Crippen LogP contribution is -1.99. The lowest BCUT2D eigenvalue weighted by molar-refractivity contribution is 0.0601. The molecule has 0 aliphatic heterocycles. The van der Waals surface area contributed by atoms with E-state index < -0.39 is 0 Å². The molecule has 4 nitrogen and oxygen atoms in total. The molecule has 2 rings (SSSR count). The molecule has 4 heteroatoms. The van der Waals surface area contributed by atoms with Gasteiger partial charge in [0.2, 0.25) is 0 Å². The average molecular weight is 234 g/mol. The van der Waals surface area contributed by atoms with Crippen LogP contribution in [0.4, 0.5) is 0 Å². The van der Waals surface area contributed by atoms with E-state index in [1.54, 1.807) is 18.2 Å². The molecule has 0 unspecified atom stereocenters. The third-order valence-electron chi connectivity index (χ3n) is 2.57. The van der Waals surface area contributed by atoms with Gasteiger partial charge in [-0.05, 0) is 30.7 Å². The van der Waals surface area contributed by atoms with E-state index in [2.05, 4.69) is 4.74 Å². The molecule has 1 aromatic carbocycles. The van der Waals surface area contributed by atoms with Crippen LogP contribution < -0.4 is 0 Å². The molecule has 0 amide bonds. The first-order chi connectivity index (χ1) is 8.24. The van der Waals surface area contributed by atoms with Crippen molar-refractivity contribution in [2.24, 2.45) is 0 Å². The number of benzene rings is 1. The van der Waals surface area contributed by atoms with Gasteiger partial charge < -0.3 is 14.3 Å². The first-order valence-electron chi connectivity index (χ1n) is 5.46. The van der Waals surface area contributed by atoms with Gasteiger partial charge in [0.1, 0.15) is 11.3 Å². The van der Waals surface area contributed by atoms with Crippen molar-refractivity contribution in [1.29, 1.82) is 0 Å². The number of carbonyl (C=O) groups excluding carboxylic acids is 1. The molecule has 0 saturated heterocycles. The van der Waals surface area contributed by atoms with E-state index in [1.807, 2.05) is 6.07 Å². The monoisotopic (exact) mass is 234 g/mol. The number of aliphatic hydroxyl groups is 1. The van der Waals surface area contributed by atoms with Crippen LogP contribution in [0, 0.1) is 0 Å². The number of hydrogen-bond acceptors (Lipinski definition) is 4. The SMILES string of the molecule is COC(=O)c1ccc2oc(CCCO)cc2c1. The Morgan fingerprint density at radius 1 is 1.41 bits per heavy atom. The van der Waals surface area contributed by atoms with E-state index in [9.17, 15) is 4.79 Å². The topological polar surface area (TPSA) is 59.7 Å². The molecule has 1 N–H and O–H groups in total. The van der Waals surface area contributed by atoms with Crippen LogP contribution in [0.15, 0.2) is 28.7 Å². The minimum absolute atomic E-state index is 0.143. The Morgan fingerprint density at radius 3 is 2.94 bits per heavy atom. The van der Waals surface area contributed by atoms with Gasteiger partial charge in [-0.3, -0.25) is 0 Å². The number of aliphatic hydroxyl groups excluding tert-OH is 1. The average Bonchev–Trinajstić information content (AvgIpc) is 2.76. The summed E-state index contributed by atoms with van der Waals surface area (Å²) in [6.45, 7) is 0.143. The first kappa shape index (κ1) is 11.7. The van der Waals surface area contributed by atoms with Crippen molar-refractivity contribution in [3.05, 3.63) is 35.6 Å². The van der Waals surface area contributed by atoms with Crippen LogP contribution in [0.25, 0.3) is 11.0 Å². The molecule has 2 aromatic rings. The maximum absolute atomic E-state index is 11.4. The summed E-state index contributed by atoms with van der Waals surface area (Å²) in [6.07, 6.45) is 1.36. The first-order valence-corrected chi connectivity index (χ1v) is 5.46. The molecule has 0 fully saturated rings. The highest BCUT2D eigenvalue weighted by atomic mass is 16.5. The fourth-order valence-corrected chi connectivity index (χ4v) is 1.72. The van der Waals surface area contributed by atoms with Gasteiger partial charge in [-0.25, -0.2) is 4.79 Å². The van der Waals surface area contributed by atoms with Gasteiger partial charge in [-0.15, -0.1) is 0 Å². The Bertz CT molecular complexity index is 527. The fourth-order valence-electron chi connectivity index (χ4n) is 1.72. The summed E-state index contributed by atoms with van der Waals surface area (Å²) in [7, 11) is 1.36. The van der Waals surface area contributed by atoms with Crippen LogP contribution in [0.2, 0.25) is 0 Å². The van der Waals surface area contributed by atoms with Crippen LogP contribution >= 0.6 is 0 Å². The molecule has 1 aromatic heterocycles. The van der Waals surface area contributed by atoms with Gasteiger partial charge in [0.15, 0.2) is 0 Å². The Balaban J connectivity index is 2.31. The number of furan rings is 1. The number of rotatable bonds is 4. The van der Waals surface area contributed by atoms with Crippen molar-refractivity contribution < 1.29 is 19.1 Å². The Kier molecular flexibility index (Phi) is 3.44. The van der Waals surface area contributed by atoms with Gasteiger partial charge in [-0.1, -0.05) is 0 Å². The zero-order valence-corrected chi connectivity index (χ0v) is 9.60. The van der Waals surface area contributed by atoms with E-state index in [-0.39, 0.29) is 12.6 Å². The van der Waals surface area contributed by atoms with E-state index >= 15 is 0 Å². The van der Waals surface area contributed by atoms with Crippen molar-refractivity contribution in [1.82, 2.24) is 0 Å². The van der Waals surface area contributed by atoms with Crippen molar-refractivity contribution in [2.75, 3.05) is 13.7 Å². The second-order valence-corrected chi connectivity index (χ2v) is 3.78. The van der Waals surface area contributed by atoms with Gasteiger partial charge >= 0.3 is 5.97 Å². The van der Waals surface area contributed by atoms with E-state index in [0.29, 0.717) is 18.4 Å². The molecule has 0 bridgehead atoms. The smallest absolute Gasteiger partial charge is 0.337 e. The second kappa shape index (κ2) is 5.01. The third-order valence-corrected chi connectivity index (χ3v) is 2.57. The standard InChI is InChI=1S/C13H14O4/c1-16-13(15)9-4-5-12-10(7-9)8-11(17-12)3-2-6-14/h4-5,7-8,14H,2-3,6H2,1H3.